The molecule has 1 aliphatic rings. The highest BCUT2D eigenvalue weighted by molar-refractivity contribution is 7.99. The van der Waals surface area contributed by atoms with E-state index in [4.69, 9.17) is 4.74 Å². The van der Waals surface area contributed by atoms with Crippen LogP contribution in [0.4, 0.5) is 0 Å². The van der Waals surface area contributed by atoms with Crippen molar-refractivity contribution >= 4 is 23.5 Å². The number of rotatable bonds is 6. The van der Waals surface area contributed by atoms with Crippen LogP contribution in [0.3, 0.4) is 0 Å². The fourth-order valence-corrected chi connectivity index (χ4v) is 3.10. The lowest BCUT2D eigenvalue weighted by molar-refractivity contribution is -0.141. The lowest BCUT2D eigenvalue weighted by Crippen LogP contribution is -2.21. The van der Waals surface area contributed by atoms with E-state index >= 15 is 0 Å². The molecule has 0 spiro atoms. The molecule has 1 aromatic carbocycles. The number of hydrogen-bond donors (Lipinski definition) is 1. The third-order valence-corrected chi connectivity index (χ3v) is 5.13. The third-order valence-electron chi connectivity index (χ3n) is 4.14. The van der Waals surface area contributed by atoms with Crippen LogP contribution in [0.1, 0.15) is 38.2 Å². The minimum atomic E-state index is -0.782. The van der Waals surface area contributed by atoms with Gasteiger partial charge >= 0.3 is 5.97 Å². The zero-order chi connectivity index (χ0) is 17.0. The van der Waals surface area contributed by atoms with E-state index in [0.29, 0.717) is 12.8 Å². The van der Waals surface area contributed by atoms with Gasteiger partial charge in [0.1, 0.15) is 11.3 Å². The summed E-state index contributed by atoms with van der Waals surface area (Å²) in [5.41, 5.74) is 0.695. The summed E-state index contributed by atoms with van der Waals surface area (Å²) in [4.78, 5) is 24.6. The maximum Gasteiger partial charge on any atom is 0.346 e. The lowest BCUT2D eigenvalue weighted by Gasteiger charge is -2.15. The predicted octanol–water partition coefficient (Wildman–Crippen LogP) is 3.63. The van der Waals surface area contributed by atoms with Crippen molar-refractivity contribution in [2.75, 3.05) is 6.26 Å². The molecule has 1 N–H and O–H groups in total. The Balaban J connectivity index is 2.31. The van der Waals surface area contributed by atoms with Gasteiger partial charge < -0.3 is 9.84 Å². The molecular formula is C18H22O4S. The molecule has 4 nitrogen and oxygen atoms in total. The van der Waals surface area contributed by atoms with Gasteiger partial charge in [-0.05, 0) is 18.2 Å². The van der Waals surface area contributed by atoms with Gasteiger partial charge in [0.05, 0.1) is 0 Å². The van der Waals surface area contributed by atoms with Gasteiger partial charge in [0.15, 0.2) is 6.10 Å². The molecule has 0 aromatic heterocycles. The Kier molecular flexibility index (Phi) is 5.88. The minimum Gasteiger partial charge on any atom is -0.511 e. The van der Waals surface area contributed by atoms with Crippen molar-refractivity contribution < 1.29 is 19.4 Å². The largest absolute Gasteiger partial charge is 0.511 e. The molecule has 0 amide bonds. The number of cyclic esters (lactones) is 1. The third kappa shape index (κ3) is 3.78. The normalized spacial score (nSPS) is 22.7. The topological polar surface area (TPSA) is 63.6 Å². The van der Waals surface area contributed by atoms with Crippen molar-refractivity contribution in [3.63, 3.8) is 0 Å². The van der Waals surface area contributed by atoms with Crippen molar-refractivity contribution in [3.05, 3.63) is 47.2 Å². The number of esters is 1. The van der Waals surface area contributed by atoms with Crippen LogP contribution in [0.2, 0.25) is 0 Å². The molecular weight excluding hydrogens is 312 g/mol. The van der Waals surface area contributed by atoms with Gasteiger partial charge in [0, 0.05) is 17.6 Å². The van der Waals surface area contributed by atoms with Crippen molar-refractivity contribution in [2.45, 2.75) is 44.0 Å². The van der Waals surface area contributed by atoms with E-state index in [2.05, 4.69) is 0 Å². The van der Waals surface area contributed by atoms with Crippen molar-refractivity contribution in [1.29, 1.82) is 0 Å². The maximum atomic E-state index is 12.5. The summed E-state index contributed by atoms with van der Waals surface area (Å²) in [7, 11) is 0. The lowest BCUT2D eigenvalue weighted by atomic mass is 9.90. The number of allylic oxidation sites excluding steroid dienone is 1. The van der Waals surface area contributed by atoms with Crippen LogP contribution in [-0.2, 0) is 14.3 Å². The van der Waals surface area contributed by atoms with E-state index in [9.17, 15) is 14.7 Å². The highest BCUT2D eigenvalue weighted by Crippen LogP contribution is 2.33. The average molecular weight is 334 g/mol. The smallest absolute Gasteiger partial charge is 0.346 e. The number of hydrogen-bond acceptors (Lipinski definition) is 5. The monoisotopic (exact) mass is 334 g/mol. The number of ketones is 1. The molecule has 23 heavy (non-hydrogen) atoms. The molecule has 1 fully saturated rings. The summed E-state index contributed by atoms with van der Waals surface area (Å²) in [6.45, 7) is 3.89. The van der Waals surface area contributed by atoms with Crippen LogP contribution < -0.4 is 0 Å². The second-order valence-corrected chi connectivity index (χ2v) is 6.95. The van der Waals surface area contributed by atoms with Gasteiger partial charge in [-0.3, -0.25) is 4.79 Å². The summed E-state index contributed by atoms with van der Waals surface area (Å²) < 4.78 is 5.19. The Hall–Kier alpha value is -1.75. The Morgan fingerprint density at radius 2 is 1.96 bits per heavy atom. The SMILES string of the molecule is CCC(C(O)=C1C(=O)OC(CC(C)SC)C1=O)c1ccccc1. The first-order valence-corrected chi connectivity index (χ1v) is 9.04. The first-order valence-electron chi connectivity index (χ1n) is 7.75. The second-order valence-electron chi connectivity index (χ2n) is 5.67. The highest BCUT2D eigenvalue weighted by atomic mass is 32.2. The molecule has 0 bridgehead atoms. The van der Waals surface area contributed by atoms with Gasteiger partial charge in [-0.1, -0.05) is 44.2 Å². The molecule has 1 saturated heterocycles. The molecule has 3 unspecified atom stereocenters. The van der Waals surface area contributed by atoms with E-state index in [1.54, 1.807) is 11.8 Å². The molecule has 5 heteroatoms. The summed E-state index contributed by atoms with van der Waals surface area (Å²) in [6.07, 6.45) is 2.22. The molecule has 1 aliphatic heterocycles. The summed E-state index contributed by atoms with van der Waals surface area (Å²) in [5.74, 6) is -1.66. The molecule has 124 valence electrons. The number of ether oxygens (including phenoxy) is 1. The molecule has 0 aliphatic carbocycles. The number of aliphatic hydroxyl groups excluding tert-OH is 1. The zero-order valence-electron chi connectivity index (χ0n) is 13.6. The van der Waals surface area contributed by atoms with Gasteiger partial charge in [-0.15, -0.1) is 0 Å². The number of thioether (sulfide) groups is 1. The van der Waals surface area contributed by atoms with E-state index in [1.165, 1.54) is 0 Å². The van der Waals surface area contributed by atoms with Crippen LogP contribution in [0.15, 0.2) is 41.7 Å². The van der Waals surface area contributed by atoms with Crippen LogP contribution in [-0.4, -0.2) is 34.5 Å². The van der Waals surface area contributed by atoms with Gasteiger partial charge in [0.2, 0.25) is 5.78 Å². The van der Waals surface area contributed by atoms with Crippen LogP contribution in [0, 0.1) is 0 Å². The summed E-state index contributed by atoms with van der Waals surface area (Å²) in [5, 5.41) is 10.8. The molecule has 0 radical (unpaired) electrons. The van der Waals surface area contributed by atoms with Gasteiger partial charge in [-0.25, -0.2) is 4.79 Å². The average Bonchev–Trinajstić information content (AvgIpc) is 2.82. The van der Waals surface area contributed by atoms with Crippen LogP contribution in [0.5, 0.6) is 0 Å². The number of carbonyl (C=O) groups excluding carboxylic acids is 2. The maximum absolute atomic E-state index is 12.5. The van der Waals surface area contributed by atoms with Crippen molar-refractivity contribution in [3.8, 4) is 0 Å². The van der Waals surface area contributed by atoms with Gasteiger partial charge in [-0.2, -0.15) is 11.8 Å². The number of benzene rings is 1. The fraction of sp³-hybridized carbons (Fsp3) is 0.444. The highest BCUT2D eigenvalue weighted by Gasteiger charge is 2.42. The van der Waals surface area contributed by atoms with E-state index in [-0.39, 0.29) is 22.5 Å². The Labute approximate surface area is 140 Å². The molecule has 3 atom stereocenters. The summed E-state index contributed by atoms with van der Waals surface area (Å²) in [6, 6.07) is 9.38. The number of Topliss-reactive ketones (excluding diaryl/α,β-unsaturated/α-hetero) is 1. The Morgan fingerprint density at radius 1 is 1.30 bits per heavy atom. The Morgan fingerprint density at radius 3 is 2.52 bits per heavy atom. The first kappa shape index (κ1) is 17.6. The molecule has 2 rings (SSSR count). The Bertz CT molecular complexity index is 609. The van der Waals surface area contributed by atoms with E-state index in [0.717, 1.165) is 5.56 Å². The van der Waals surface area contributed by atoms with Gasteiger partial charge in [0.25, 0.3) is 0 Å². The standard InChI is InChI=1S/C18H22O4S/c1-4-13(12-8-6-5-7-9-12)16(19)15-17(20)14(22-18(15)21)10-11(2)23-3/h5-9,11,13-14,19H,4,10H2,1-3H3. The summed E-state index contributed by atoms with van der Waals surface area (Å²) >= 11 is 1.61. The first-order chi connectivity index (χ1) is 11.0. The molecule has 1 heterocycles. The van der Waals surface area contributed by atoms with Crippen molar-refractivity contribution in [1.82, 2.24) is 0 Å². The fourth-order valence-electron chi connectivity index (χ4n) is 2.73. The molecule has 1 aromatic rings. The van der Waals surface area contributed by atoms with E-state index in [1.807, 2.05) is 50.4 Å². The number of aliphatic hydroxyl groups is 1. The van der Waals surface area contributed by atoms with Crippen LogP contribution >= 0.6 is 11.8 Å². The zero-order valence-corrected chi connectivity index (χ0v) is 14.4. The second kappa shape index (κ2) is 7.68. The molecule has 0 saturated carbocycles. The van der Waals surface area contributed by atoms with E-state index < -0.39 is 17.9 Å². The van der Waals surface area contributed by atoms with Crippen LogP contribution in [0.25, 0.3) is 0 Å². The minimum absolute atomic E-state index is 0.173. The number of carbonyl (C=O) groups is 2. The quantitative estimate of drug-likeness (QED) is 0.372. The van der Waals surface area contributed by atoms with Crippen molar-refractivity contribution in [2.24, 2.45) is 0 Å². The predicted molar refractivity (Wildman–Crippen MR) is 91.6 cm³/mol.